The molecule has 1 aliphatic rings. The molecule has 0 aliphatic carbocycles. The van der Waals surface area contributed by atoms with E-state index in [9.17, 15) is 14.6 Å². The fraction of sp³-hybridized carbons (Fsp3) is 0. The Morgan fingerprint density at radius 1 is 1.82 bits per heavy atom. The lowest BCUT2D eigenvalue weighted by molar-refractivity contribution is -0.376. The van der Waals surface area contributed by atoms with Crippen molar-refractivity contribution in [3.63, 3.8) is 0 Å². The summed E-state index contributed by atoms with van der Waals surface area (Å²) in [5, 5.41) is 12.6. The number of rotatable bonds is 0. The molecule has 0 saturated heterocycles. The van der Waals surface area contributed by atoms with Gasteiger partial charge in [-0.15, -0.1) is 0 Å². The predicted octanol–water partition coefficient (Wildman–Crippen LogP) is 0.632. The minimum atomic E-state index is -1.02. The monoisotopic (exact) mass is 247 g/mol. The molecule has 0 unspecified atom stereocenters. The summed E-state index contributed by atoms with van der Waals surface area (Å²) >= 11 is 7.67. The molecule has 0 saturated carbocycles. The van der Waals surface area contributed by atoms with E-state index in [1.807, 2.05) is 0 Å². The Morgan fingerprint density at radius 2 is 2.36 bits per heavy atom. The van der Waals surface area contributed by atoms with Crippen LogP contribution in [0, 0.1) is 10.1 Å². The molecule has 10 heteroatoms. The van der Waals surface area contributed by atoms with Crippen molar-refractivity contribution >= 4 is 33.9 Å². The van der Waals surface area contributed by atoms with Gasteiger partial charge in [0.1, 0.15) is 0 Å². The lowest BCUT2D eigenvalue weighted by Crippen LogP contribution is -2.34. The molecule has 0 atom stereocenters. The maximum absolute atomic E-state index is 12.5. The van der Waals surface area contributed by atoms with Gasteiger partial charge in [0, 0.05) is 5.23 Å². The van der Waals surface area contributed by atoms with Crippen LogP contribution in [0.15, 0.2) is 5.10 Å². The lowest BCUT2D eigenvalue weighted by atomic mass is 11.1. The van der Waals surface area contributed by atoms with Gasteiger partial charge in [0.2, 0.25) is 0 Å². The average molecular weight is 248 g/mol. The second-order valence-electron chi connectivity index (χ2n) is 1.40. The molecule has 0 amide bonds. The normalized spacial score (nSPS) is 19.0. The summed E-state index contributed by atoms with van der Waals surface area (Å²) in [6.45, 7) is 0. The van der Waals surface area contributed by atoms with Crippen molar-refractivity contribution in [2.24, 2.45) is 5.10 Å². The first-order valence-electron chi connectivity index (χ1n) is 2.14. The maximum Gasteiger partial charge on any atom is 0.506 e. The van der Waals surface area contributed by atoms with Crippen LogP contribution in [0.2, 0.25) is 0 Å². The van der Waals surface area contributed by atoms with E-state index < -0.39 is 10.9 Å². The first kappa shape index (κ1) is 8.43. The van der Waals surface area contributed by atoms with Crippen molar-refractivity contribution in [1.29, 1.82) is 0 Å². The number of hydrazone groups is 1. The van der Waals surface area contributed by atoms with E-state index in [1.165, 1.54) is 0 Å². The fourth-order valence-electron chi connectivity index (χ4n) is 0.390. The summed E-state index contributed by atoms with van der Waals surface area (Å²) in [6.07, 6.45) is 0. The third kappa shape index (κ3) is 1.34. The Morgan fingerprint density at radius 3 is 2.55 bits per heavy atom. The number of nitro groups is 1. The van der Waals surface area contributed by atoms with Crippen molar-refractivity contribution in [1.82, 2.24) is 14.0 Å². The minimum Gasteiger partial charge on any atom is -0.390 e. The Balaban J connectivity index is 2.83. The Hall–Kier alpha value is -0.670. The number of halogens is 3. The molecule has 0 N–H and O–H groups in total. The summed E-state index contributed by atoms with van der Waals surface area (Å²) in [4.78, 5) is 8.95. The highest BCUT2D eigenvalue weighted by Crippen LogP contribution is 2.21. The standard InChI is InChI=1S/CBrClFN5O2/c2-8-6(4)1(7(10)11)5-9(8)3. The Labute approximate surface area is 73.1 Å². The van der Waals surface area contributed by atoms with Gasteiger partial charge in [-0.05, 0) is 14.0 Å². The topological polar surface area (TPSA) is 65.2 Å². The van der Waals surface area contributed by atoms with Crippen molar-refractivity contribution in [2.45, 2.75) is 0 Å². The third-order valence-electron chi connectivity index (χ3n) is 0.781. The molecule has 0 aromatic heterocycles. The highest BCUT2D eigenvalue weighted by molar-refractivity contribution is 9.07. The average Bonchev–Trinajstić information content (AvgIpc) is 2.17. The molecule has 1 heterocycles. The van der Waals surface area contributed by atoms with Crippen LogP contribution in [0.3, 0.4) is 0 Å². The number of hydrazine groups is 2. The molecular formula is CBrClFN5O2. The third-order valence-corrected chi connectivity index (χ3v) is 1.76. The first-order valence-corrected chi connectivity index (χ1v) is 3.19. The molecule has 1 rings (SSSR count). The van der Waals surface area contributed by atoms with E-state index >= 15 is 0 Å². The number of nitrogens with zero attached hydrogens (tertiary/aromatic N) is 5. The van der Waals surface area contributed by atoms with E-state index in [4.69, 9.17) is 11.8 Å². The lowest BCUT2D eigenvalue weighted by Gasteiger charge is -2.06. The summed E-state index contributed by atoms with van der Waals surface area (Å²) in [5.41, 5.74) is 0. The molecule has 0 radical (unpaired) electrons. The van der Waals surface area contributed by atoms with Gasteiger partial charge in [-0.2, -0.15) is 0 Å². The molecular weight excluding hydrogens is 248 g/mol. The maximum atomic E-state index is 12.5. The molecule has 0 spiro atoms. The zero-order chi connectivity index (χ0) is 8.59. The van der Waals surface area contributed by atoms with Gasteiger partial charge in [0.05, 0.1) is 37.2 Å². The van der Waals surface area contributed by atoms with Crippen molar-refractivity contribution in [2.75, 3.05) is 0 Å². The van der Waals surface area contributed by atoms with Gasteiger partial charge in [0.15, 0.2) is 0 Å². The molecule has 0 fully saturated rings. The summed E-state index contributed by atoms with van der Waals surface area (Å²) in [6, 6.07) is 0. The van der Waals surface area contributed by atoms with Crippen LogP contribution in [0.5, 0.6) is 0 Å². The zero-order valence-electron chi connectivity index (χ0n) is 4.69. The minimum absolute atomic E-state index is 0.368. The van der Waals surface area contributed by atoms with Gasteiger partial charge >= 0.3 is 5.96 Å². The number of hydrogen-bond donors (Lipinski definition) is 0. The van der Waals surface area contributed by atoms with Gasteiger partial charge < -0.3 is 10.1 Å². The van der Waals surface area contributed by atoms with Gasteiger partial charge in [-0.1, -0.05) is 0 Å². The first-order chi connectivity index (χ1) is 5.04. The summed E-state index contributed by atoms with van der Waals surface area (Å²) in [7, 11) is 0. The van der Waals surface area contributed by atoms with Gasteiger partial charge in [-0.25, -0.2) is 0 Å². The van der Waals surface area contributed by atoms with E-state index in [0.717, 1.165) is 0 Å². The van der Waals surface area contributed by atoms with E-state index in [-0.39, 0.29) is 5.23 Å². The number of hydrogen-bond acceptors (Lipinski definition) is 6. The van der Waals surface area contributed by atoms with E-state index in [0.29, 0.717) is 8.78 Å². The largest absolute Gasteiger partial charge is 0.506 e. The highest BCUT2D eigenvalue weighted by Gasteiger charge is 2.43. The second kappa shape index (κ2) is 2.75. The molecule has 1 aliphatic heterocycles. The van der Waals surface area contributed by atoms with Crippen LogP contribution in [0.4, 0.5) is 4.48 Å². The van der Waals surface area contributed by atoms with E-state index in [1.54, 1.807) is 0 Å². The summed E-state index contributed by atoms with van der Waals surface area (Å²) < 4.78 is 13.3. The van der Waals surface area contributed by atoms with Gasteiger partial charge in [0.25, 0.3) is 0 Å². The van der Waals surface area contributed by atoms with Crippen LogP contribution in [0.25, 0.3) is 0 Å². The van der Waals surface area contributed by atoms with Crippen LogP contribution in [-0.2, 0) is 0 Å². The highest BCUT2D eigenvalue weighted by atomic mass is 79.9. The molecule has 62 valence electrons. The molecule has 7 nitrogen and oxygen atoms in total. The van der Waals surface area contributed by atoms with Crippen molar-refractivity contribution < 1.29 is 9.40 Å². The zero-order valence-corrected chi connectivity index (χ0v) is 7.03. The second-order valence-corrected chi connectivity index (χ2v) is 2.34. The van der Waals surface area contributed by atoms with Crippen molar-refractivity contribution in [3.8, 4) is 0 Å². The number of guanidine groups is 1. The van der Waals surface area contributed by atoms with Gasteiger partial charge in [-0.3, -0.25) is 0 Å². The SMILES string of the molecule is O=[N+]([O-])C1=NN(Cl)N(Br)N1F. The summed E-state index contributed by atoms with van der Waals surface area (Å²) in [5.74, 6) is -1.02. The van der Waals surface area contributed by atoms with Crippen molar-refractivity contribution in [3.05, 3.63) is 10.1 Å². The van der Waals surface area contributed by atoms with Crippen LogP contribution in [0.1, 0.15) is 0 Å². The molecule has 0 aromatic carbocycles. The van der Waals surface area contributed by atoms with Crippen LogP contribution >= 0.6 is 27.9 Å². The van der Waals surface area contributed by atoms with Crippen LogP contribution < -0.4 is 0 Å². The van der Waals surface area contributed by atoms with E-state index in [2.05, 4.69) is 21.2 Å². The Bertz CT molecular complexity index is 223. The smallest absolute Gasteiger partial charge is 0.390 e. The van der Waals surface area contributed by atoms with Crippen LogP contribution in [-0.4, -0.2) is 24.9 Å². The quantitative estimate of drug-likeness (QED) is 0.357. The Kier molecular flexibility index (Phi) is 2.11. The fourth-order valence-corrected chi connectivity index (χ4v) is 0.730. The molecule has 0 bridgehead atoms. The predicted molar refractivity (Wildman–Crippen MR) is 35.8 cm³/mol. The molecule has 0 aromatic rings. The molecule has 11 heavy (non-hydrogen) atoms.